The molecule has 3 unspecified atom stereocenters. The van der Waals surface area contributed by atoms with Crippen LogP contribution in [0.5, 0.6) is 0 Å². The number of methoxy groups -OCH3 is 1. The lowest BCUT2D eigenvalue weighted by Crippen LogP contribution is -2.37. The molecule has 0 saturated heterocycles. The van der Waals surface area contributed by atoms with Crippen molar-refractivity contribution in [2.75, 3.05) is 13.7 Å². The summed E-state index contributed by atoms with van der Waals surface area (Å²) < 4.78 is 5.09. The van der Waals surface area contributed by atoms with Gasteiger partial charge in [-0.15, -0.1) is 0 Å². The fourth-order valence-electron chi connectivity index (χ4n) is 2.38. The smallest absolute Gasteiger partial charge is 0.0775 e. The van der Waals surface area contributed by atoms with Crippen molar-refractivity contribution in [3.05, 3.63) is 35.4 Å². The molecule has 1 aliphatic rings. The van der Waals surface area contributed by atoms with Crippen molar-refractivity contribution >= 4 is 0 Å². The Balaban J connectivity index is 2.10. The summed E-state index contributed by atoms with van der Waals surface area (Å²) in [7, 11) is 1.69. The molecule has 1 aliphatic carbocycles. The second kappa shape index (κ2) is 4.95. The zero-order valence-electron chi connectivity index (χ0n) is 9.81. The quantitative estimate of drug-likeness (QED) is 0.804. The van der Waals surface area contributed by atoms with E-state index in [1.54, 1.807) is 7.11 Å². The van der Waals surface area contributed by atoms with E-state index in [1.807, 2.05) is 12.1 Å². The van der Waals surface area contributed by atoms with E-state index in [2.05, 4.69) is 24.4 Å². The van der Waals surface area contributed by atoms with Crippen LogP contribution in [-0.2, 0) is 11.2 Å². The average Bonchev–Trinajstić information content (AvgIpc) is 2.56. The van der Waals surface area contributed by atoms with Gasteiger partial charge in [0, 0.05) is 19.6 Å². The van der Waals surface area contributed by atoms with E-state index in [-0.39, 0.29) is 18.2 Å². The Hall–Kier alpha value is -0.900. The van der Waals surface area contributed by atoms with E-state index >= 15 is 0 Å². The highest BCUT2D eigenvalue weighted by Crippen LogP contribution is 2.31. The number of hydrogen-bond donors (Lipinski definition) is 2. The summed E-state index contributed by atoms with van der Waals surface area (Å²) in [5.41, 5.74) is 2.47. The lowest BCUT2D eigenvalue weighted by atomic mass is 10.1. The molecule has 3 atom stereocenters. The first-order valence-corrected chi connectivity index (χ1v) is 5.73. The third-order valence-corrected chi connectivity index (χ3v) is 3.08. The standard InChI is InChI=1S/C13H19NO2/c1-9(8-16-2)14-13-11-6-4-3-5-10(11)7-12(13)15/h3-6,9,12-15H,7-8H2,1-2H3. The number of aliphatic hydroxyl groups is 1. The third-order valence-electron chi connectivity index (χ3n) is 3.08. The van der Waals surface area contributed by atoms with Crippen molar-refractivity contribution in [1.82, 2.24) is 5.32 Å². The van der Waals surface area contributed by atoms with Gasteiger partial charge in [0.1, 0.15) is 0 Å². The van der Waals surface area contributed by atoms with Gasteiger partial charge in [-0.05, 0) is 18.1 Å². The molecule has 0 radical (unpaired) electrons. The molecule has 1 aromatic rings. The number of fused-ring (bicyclic) bond motifs is 1. The maximum absolute atomic E-state index is 10.0. The van der Waals surface area contributed by atoms with E-state index in [0.29, 0.717) is 6.61 Å². The van der Waals surface area contributed by atoms with E-state index < -0.39 is 0 Å². The monoisotopic (exact) mass is 221 g/mol. The first-order valence-electron chi connectivity index (χ1n) is 5.73. The fraction of sp³-hybridized carbons (Fsp3) is 0.538. The highest BCUT2D eigenvalue weighted by molar-refractivity contribution is 5.36. The van der Waals surface area contributed by atoms with Crippen LogP contribution in [-0.4, -0.2) is 31.0 Å². The van der Waals surface area contributed by atoms with Crippen molar-refractivity contribution in [2.45, 2.75) is 31.5 Å². The summed E-state index contributed by atoms with van der Waals surface area (Å²) >= 11 is 0. The summed E-state index contributed by atoms with van der Waals surface area (Å²) in [6.45, 7) is 2.72. The van der Waals surface area contributed by atoms with Gasteiger partial charge >= 0.3 is 0 Å². The molecule has 3 heteroatoms. The molecule has 2 N–H and O–H groups in total. The number of rotatable bonds is 4. The van der Waals surface area contributed by atoms with Crippen LogP contribution < -0.4 is 5.32 Å². The molecule has 0 heterocycles. The normalized spacial score (nSPS) is 25.4. The minimum absolute atomic E-state index is 0.0429. The summed E-state index contributed by atoms with van der Waals surface area (Å²) in [6.07, 6.45) is 0.421. The minimum atomic E-state index is -0.322. The largest absolute Gasteiger partial charge is 0.391 e. The molecule has 3 nitrogen and oxygen atoms in total. The van der Waals surface area contributed by atoms with E-state index in [4.69, 9.17) is 4.74 Å². The molecule has 0 amide bonds. The number of nitrogens with one attached hydrogen (secondary N) is 1. The summed E-state index contributed by atoms with van der Waals surface area (Å²) in [5.74, 6) is 0. The molecule has 0 aliphatic heterocycles. The SMILES string of the molecule is COCC(C)NC1c2ccccc2CC1O. The van der Waals surface area contributed by atoms with Crippen LogP contribution in [0, 0.1) is 0 Å². The van der Waals surface area contributed by atoms with Gasteiger partial charge in [-0.1, -0.05) is 24.3 Å². The van der Waals surface area contributed by atoms with Crippen molar-refractivity contribution in [2.24, 2.45) is 0 Å². The van der Waals surface area contributed by atoms with Gasteiger partial charge in [-0.3, -0.25) is 0 Å². The molecular formula is C13H19NO2. The van der Waals surface area contributed by atoms with Gasteiger partial charge in [0.2, 0.25) is 0 Å². The lowest BCUT2D eigenvalue weighted by Gasteiger charge is -2.22. The Labute approximate surface area is 96.4 Å². The van der Waals surface area contributed by atoms with Crippen LogP contribution in [0.3, 0.4) is 0 Å². The zero-order chi connectivity index (χ0) is 11.5. The Morgan fingerprint density at radius 1 is 1.50 bits per heavy atom. The molecule has 0 fully saturated rings. The molecule has 0 bridgehead atoms. The Bertz CT molecular complexity index is 354. The fourth-order valence-corrected chi connectivity index (χ4v) is 2.38. The first-order chi connectivity index (χ1) is 7.72. The summed E-state index contributed by atoms with van der Waals surface area (Å²) in [4.78, 5) is 0. The van der Waals surface area contributed by atoms with Crippen LogP contribution >= 0.6 is 0 Å². The van der Waals surface area contributed by atoms with Gasteiger partial charge in [0.05, 0.1) is 18.8 Å². The second-order valence-corrected chi connectivity index (χ2v) is 4.47. The zero-order valence-corrected chi connectivity index (χ0v) is 9.81. The van der Waals surface area contributed by atoms with Crippen LogP contribution in [0.4, 0.5) is 0 Å². The number of hydrogen-bond acceptors (Lipinski definition) is 3. The highest BCUT2D eigenvalue weighted by Gasteiger charge is 2.31. The van der Waals surface area contributed by atoms with Gasteiger partial charge in [0.25, 0.3) is 0 Å². The van der Waals surface area contributed by atoms with Gasteiger partial charge in [0.15, 0.2) is 0 Å². The molecule has 16 heavy (non-hydrogen) atoms. The molecule has 2 rings (SSSR count). The predicted molar refractivity (Wildman–Crippen MR) is 63.4 cm³/mol. The van der Waals surface area contributed by atoms with E-state index in [9.17, 15) is 5.11 Å². The van der Waals surface area contributed by atoms with Crippen molar-refractivity contribution in [3.63, 3.8) is 0 Å². The maximum atomic E-state index is 10.0. The topological polar surface area (TPSA) is 41.5 Å². The second-order valence-electron chi connectivity index (χ2n) is 4.47. The van der Waals surface area contributed by atoms with Crippen LogP contribution in [0.15, 0.2) is 24.3 Å². The molecule has 0 spiro atoms. The summed E-state index contributed by atoms with van der Waals surface area (Å²) in [5, 5.41) is 13.4. The maximum Gasteiger partial charge on any atom is 0.0775 e. The lowest BCUT2D eigenvalue weighted by molar-refractivity contribution is 0.115. The van der Waals surface area contributed by atoms with Crippen molar-refractivity contribution < 1.29 is 9.84 Å². The number of benzene rings is 1. The number of ether oxygens (including phenoxy) is 1. The van der Waals surface area contributed by atoms with Crippen LogP contribution in [0.25, 0.3) is 0 Å². The minimum Gasteiger partial charge on any atom is -0.391 e. The van der Waals surface area contributed by atoms with E-state index in [0.717, 1.165) is 6.42 Å². The van der Waals surface area contributed by atoms with Gasteiger partial charge in [-0.25, -0.2) is 0 Å². The molecule has 1 aromatic carbocycles. The van der Waals surface area contributed by atoms with E-state index in [1.165, 1.54) is 11.1 Å². The van der Waals surface area contributed by atoms with Crippen molar-refractivity contribution in [3.8, 4) is 0 Å². The Morgan fingerprint density at radius 2 is 2.25 bits per heavy atom. The van der Waals surface area contributed by atoms with Gasteiger partial charge in [-0.2, -0.15) is 0 Å². The van der Waals surface area contributed by atoms with Gasteiger partial charge < -0.3 is 15.2 Å². The predicted octanol–water partition coefficient (Wildman–Crippen LogP) is 1.27. The highest BCUT2D eigenvalue weighted by atomic mass is 16.5. The Kier molecular flexibility index (Phi) is 3.59. The molecule has 0 aromatic heterocycles. The first kappa shape index (κ1) is 11.6. The van der Waals surface area contributed by atoms with Crippen molar-refractivity contribution in [1.29, 1.82) is 0 Å². The molecule has 88 valence electrons. The molecule has 0 saturated carbocycles. The van der Waals surface area contributed by atoms with Crippen LogP contribution in [0.2, 0.25) is 0 Å². The third kappa shape index (κ3) is 2.26. The Morgan fingerprint density at radius 3 is 3.00 bits per heavy atom. The number of aliphatic hydroxyl groups excluding tert-OH is 1. The van der Waals surface area contributed by atoms with Crippen LogP contribution in [0.1, 0.15) is 24.1 Å². The summed E-state index contributed by atoms with van der Waals surface area (Å²) in [6, 6.07) is 8.50. The molecular weight excluding hydrogens is 202 g/mol. The average molecular weight is 221 g/mol.